The number of hydrogen-bond donors (Lipinski definition) is 1. The molecule has 6 heteroatoms. The fourth-order valence-corrected chi connectivity index (χ4v) is 4.19. The fraction of sp³-hybridized carbons (Fsp3) is 0.346. The molecule has 1 aliphatic heterocycles. The van der Waals surface area contributed by atoms with Gasteiger partial charge in [0.05, 0.1) is 12.1 Å². The van der Waals surface area contributed by atoms with Gasteiger partial charge in [-0.05, 0) is 69.9 Å². The van der Waals surface area contributed by atoms with Crippen molar-refractivity contribution in [3.8, 4) is 17.1 Å². The van der Waals surface area contributed by atoms with Crippen LogP contribution in [-0.2, 0) is 12.1 Å². The van der Waals surface area contributed by atoms with Gasteiger partial charge in [0.1, 0.15) is 23.9 Å². The number of aryl methyl sites for hydroxylation is 1. The Morgan fingerprint density at radius 3 is 2.69 bits per heavy atom. The summed E-state index contributed by atoms with van der Waals surface area (Å²) < 4.78 is 11.6. The van der Waals surface area contributed by atoms with Gasteiger partial charge in [-0.1, -0.05) is 18.2 Å². The number of nitrogens with zero attached hydrogens (tertiary/aromatic N) is 2. The number of aliphatic hydroxyl groups is 1. The first kappa shape index (κ1) is 22.1. The standard InChI is InChI=1S/C26H30N2O4/c1-18-8-10-24(32-18)19-6-5-7-20(14-19)25(29)28-12-13-31-23-11-9-22(15-21(23)16-28)26(2,30)17-27(3)4/h5-11,14-15,30H,12-13,16-17H2,1-4H3. The minimum absolute atomic E-state index is 0.0583. The quantitative estimate of drug-likeness (QED) is 0.656. The zero-order valence-electron chi connectivity index (χ0n) is 19.1. The molecule has 0 saturated carbocycles. The van der Waals surface area contributed by atoms with E-state index in [4.69, 9.17) is 9.15 Å². The van der Waals surface area contributed by atoms with Crippen LogP contribution in [0.2, 0.25) is 0 Å². The monoisotopic (exact) mass is 434 g/mol. The van der Waals surface area contributed by atoms with Crippen LogP contribution in [0, 0.1) is 6.92 Å². The van der Waals surface area contributed by atoms with E-state index in [2.05, 4.69) is 0 Å². The van der Waals surface area contributed by atoms with Gasteiger partial charge in [-0.15, -0.1) is 0 Å². The molecule has 1 unspecified atom stereocenters. The number of likely N-dealkylation sites (N-methyl/N-ethyl adjacent to an activating group) is 1. The van der Waals surface area contributed by atoms with Crippen molar-refractivity contribution < 1.29 is 19.1 Å². The molecule has 0 bridgehead atoms. The number of carbonyl (C=O) groups is 1. The van der Waals surface area contributed by atoms with Crippen LogP contribution < -0.4 is 4.74 Å². The van der Waals surface area contributed by atoms with Crippen LogP contribution >= 0.6 is 0 Å². The molecule has 2 aromatic carbocycles. The van der Waals surface area contributed by atoms with Gasteiger partial charge in [0.15, 0.2) is 0 Å². The van der Waals surface area contributed by atoms with E-state index in [0.717, 1.165) is 34.0 Å². The fourth-order valence-electron chi connectivity index (χ4n) is 4.19. The average molecular weight is 435 g/mol. The van der Waals surface area contributed by atoms with Crippen molar-refractivity contribution in [2.75, 3.05) is 33.8 Å². The Labute approximate surface area is 189 Å². The third-order valence-corrected chi connectivity index (χ3v) is 5.71. The smallest absolute Gasteiger partial charge is 0.254 e. The number of rotatable bonds is 5. The summed E-state index contributed by atoms with van der Waals surface area (Å²) in [4.78, 5) is 17.1. The highest BCUT2D eigenvalue weighted by Crippen LogP contribution is 2.30. The molecule has 2 heterocycles. The van der Waals surface area contributed by atoms with Crippen LogP contribution in [-0.4, -0.2) is 54.6 Å². The maximum Gasteiger partial charge on any atom is 0.254 e. The Kier molecular flexibility index (Phi) is 6.09. The molecule has 32 heavy (non-hydrogen) atoms. The molecule has 4 rings (SSSR count). The van der Waals surface area contributed by atoms with Gasteiger partial charge in [-0.25, -0.2) is 0 Å². The van der Waals surface area contributed by atoms with Crippen molar-refractivity contribution in [2.45, 2.75) is 26.0 Å². The SMILES string of the molecule is Cc1ccc(-c2cccc(C(=O)N3CCOc4ccc(C(C)(O)CN(C)C)cc4C3)c2)o1. The number of benzene rings is 2. The number of carbonyl (C=O) groups excluding carboxylic acids is 1. The molecule has 0 spiro atoms. The Morgan fingerprint density at radius 1 is 1.16 bits per heavy atom. The van der Waals surface area contributed by atoms with Gasteiger partial charge in [0.25, 0.3) is 5.91 Å². The predicted molar refractivity (Wildman–Crippen MR) is 124 cm³/mol. The molecular weight excluding hydrogens is 404 g/mol. The first-order chi connectivity index (χ1) is 15.2. The van der Waals surface area contributed by atoms with Crippen molar-refractivity contribution in [2.24, 2.45) is 0 Å². The van der Waals surface area contributed by atoms with Crippen LogP contribution in [0.3, 0.4) is 0 Å². The van der Waals surface area contributed by atoms with Crippen molar-refractivity contribution >= 4 is 5.91 Å². The van der Waals surface area contributed by atoms with Crippen molar-refractivity contribution in [3.05, 3.63) is 77.0 Å². The summed E-state index contributed by atoms with van der Waals surface area (Å²) in [7, 11) is 3.86. The second-order valence-corrected chi connectivity index (χ2v) is 8.90. The molecule has 1 N–H and O–H groups in total. The first-order valence-corrected chi connectivity index (χ1v) is 10.8. The lowest BCUT2D eigenvalue weighted by atomic mass is 9.93. The lowest BCUT2D eigenvalue weighted by Crippen LogP contribution is -2.35. The lowest BCUT2D eigenvalue weighted by Gasteiger charge is -2.28. The highest BCUT2D eigenvalue weighted by atomic mass is 16.5. The summed E-state index contributed by atoms with van der Waals surface area (Å²) in [5.41, 5.74) is 2.17. The summed E-state index contributed by atoms with van der Waals surface area (Å²) in [6.07, 6.45) is 0. The van der Waals surface area contributed by atoms with Crippen LogP contribution in [0.25, 0.3) is 11.3 Å². The van der Waals surface area contributed by atoms with Crippen LogP contribution in [0.5, 0.6) is 5.75 Å². The Bertz CT molecular complexity index is 1120. The summed E-state index contributed by atoms with van der Waals surface area (Å²) in [5.74, 6) is 2.27. The maximum atomic E-state index is 13.4. The summed E-state index contributed by atoms with van der Waals surface area (Å²) >= 11 is 0. The van der Waals surface area contributed by atoms with Crippen molar-refractivity contribution in [3.63, 3.8) is 0 Å². The topological polar surface area (TPSA) is 66.2 Å². The molecular formula is C26H30N2O4. The van der Waals surface area contributed by atoms with E-state index in [9.17, 15) is 9.90 Å². The van der Waals surface area contributed by atoms with Crippen molar-refractivity contribution in [1.29, 1.82) is 0 Å². The molecule has 168 valence electrons. The molecule has 6 nitrogen and oxygen atoms in total. The van der Waals surface area contributed by atoms with E-state index in [1.807, 2.05) is 80.5 Å². The van der Waals surface area contributed by atoms with Crippen LogP contribution in [0.4, 0.5) is 0 Å². The Hall–Kier alpha value is -3.09. The Balaban J connectivity index is 1.59. The third-order valence-electron chi connectivity index (χ3n) is 5.71. The number of fused-ring (bicyclic) bond motifs is 1. The van der Waals surface area contributed by atoms with Gasteiger partial charge in [0, 0.05) is 29.8 Å². The third kappa shape index (κ3) is 4.71. The molecule has 1 aliphatic rings. The molecule has 1 aromatic heterocycles. The second kappa shape index (κ2) is 8.81. The average Bonchev–Trinajstić information content (AvgIpc) is 3.07. The zero-order chi connectivity index (χ0) is 22.9. The molecule has 1 amide bonds. The molecule has 0 saturated heterocycles. The van der Waals surface area contributed by atoms with Crippen molar-refractivity contribution in [1.82, 2.24) is 9.80 Å². The number of ether oxygens (including phenoxy) is 1. The molecule has 0 fully saturated rings. The number of furan rings is 1. The molecule has 0 aliphatic carbocycles. The van der Waals surface area contributed by atoms with Gasteiger partial charge in [0.2, 0.25) is 0 Å². The van der Waals surface area contributed by atoms with Gasteiger partial charge in [-0.3, -0.25) is 4.79 Å². The van der Waals surface area contributed by atoms with E-state index in [-0.39, 0.29) is 5.91 Å². The first-order valence-electron chi connectivity index (χ1n) is 10.8. The normalized spacial score (nSPS) is 15.6. The molecule has 1 atom stereocenters. The lowest BCUT2D eigenvalue weighted by molar-refractivity contribution is 0.0299. The summed E-state index contributed by atoms with van der Waals surface area (Å²) in [6, 6.07) is 17.1. The van der Waals surface area contributed by atoms with E-state index >= 15 is 0 Å². The Morgan fingerprint density at radius 2 is 1.97 bits per heavy atom. The number of amides is 1. The summed E-state index contributed by atoms with van der Waals surface area (Å²) in [5, 5.41) is 10.9. The van der Waals surface area contributed by atoms with E-state index in [1.165, 1.54) is 0 Å². The molecule has 0 radical (unpaired) electrons. The van der Waals surface area contributed by atoms with E-state index in [1.54, 1.807) is 11.8 Å². The highest BCUT2D eigenvalue weighted by Gasteiger charge is 2.27. The van der Waals surface area contributed by atoms with Gasteiger partial charge >= 0.3 is 0 Å². The molecule has 3 aromatic rings. The summed E-state index contributed by atoms with van der Waals surface area (Å²) in [6.45, 7) is 5.52. The van der Waals surface area contributed by atoms with Crippen LogP contribution in [0.1, 0.15) is 34.2 Å². The van der Waals surface area contributed by atoms with E-state index in [0.29, 0.717) is 31.8 Å². The maximum absolute atomic E-state index is 13.4. The minimum atomic E-state index is -1.00. The number of hydrogen-bond acceptors (Lipinski definition) is 5. The van der Waals surface area contributed by atoms with Gasteiger partial charge in [-0.2, -0.15) is 0 Å². The zero-order valence-corrected chi connectivity index (χ0v) is 19.1. The second-order valence-electron chi connectivity index (χ2n) is 8.90. The highest BCUT2D eigenvalue weighted by molar-refractivity contribution is 5.95. The van der Waals surface area contributed by atoms with Gasteiger partial charge < -0.3 is 24.1 Å². The minimum Gasteiger partial charge on any atom is -0.491 e. The largest absolute Gasteiger partial charge is 0.491 e. The van der Waals surface area contributed by atoms with E-state index < -0.39 is 5.60 Å². The van der Waals surface area contributed by atoms with Crippen LogP contribution in [0.15, 0.2) is 59.0 Å². The predicted octanol–water partition coefficient (Wildman–Crippen LogP) is 4.06.